The number of nitrogens with one attached hydrogen (secondary N) is 2. The van der Waals surface area contributed by atoms with Crippen LogP contribution in [-0.4, -0.2) is 48.2 Å². The van der Waals surface area contributed by atoms with E-state index in [1.165, 1.54) is 12.1 Å². The van der Waals surface area contributed by atoms with E-state index >= 15 is 0 Å². The minimum atomic E-state index is -0.523. The monoisotopic (exact) mass is 365 g/mol. The molecule has 1 atom stereocenters. The van der Waals surface area contributed by atoms with Crippen molar-refractivity contribution in [3.8, 4) is 0 Å². The zero-order chi connectivity index (χ0) is 19.2. The van der Waals surface area contributed by atoms with Crippen molar-refractivity contribution in [1.82, 2.24) is 15.5 Å². The largest absolute Gasteiger partial charge is 0.377 e. The highest BCUT2D eigenvalue weighted by atomic mass is 19.1. The highest BCUT2D eigenvalue weighted by Crippen LogP contribution is 2.15. The van der Waals surface area contributed by atoms with Gasteiger partial charge >= 0.3 is 6.03 Å². The molecular formula is C19H28FN3O3. The Morgan fingerprint density at radius 3 is 2.73 bits per heavy atom. The van der Waals surface area contributed by atoms with E-state index in [1.54, 1.807) is 6.07 Å². The van der Waals surface area contributed by atoms with Crippen LogP contribution in [0.15, 0.2) is 24.3 Å². The van der Waals surface area contributed by atoms with Gasteiger partial charge in [0.25, 0.3) is 0 Å². The highest BCUT2D eigenvalue weighted by molar-refractivity contribution is 5.95. The van der Waals surface area contributed by atoms with E-state index in [9.17, 15) is 14.0 Å². The van der Waals surface area contributed by atoms with Crippen LogP contribution in [0.5, 0.6) is 0 Å². The van der Waals surface area contributed by atoms with Crippen LogP contribution in [-0.2, 0) is 16.1 Å². The standard InChI is InChI=1S/C19H28FN3O3/c1-19(2,3)22-18(25)21-17(24)13-23(12-16-8-5-9-26-16)11-14-6-4-7-15(20)10-14/h4,6-7,10,16H,5,8-9,11-13H2,1-3H3,(H2,21,22,24,25). The zero-order valence-corrected chi connectivity index (χ0v) is 15.7. The highest BCUT2D eigenvalue weighted by Gasteiger charge is 2.22. The predicted molar refractivity (Wildman–Crippen MR) is 97.1 cm³/mol. The van der Waals surface area contributed by atoms with Gasteiger partial charge in [0.15, 0.2) is 0 Å². The molecule has 1 fully saturated rings. The van der Waals surface area contributed by atoms with Crippen molar-refractivity contribution in [1.29, 1.82) is 0 Å². The zero-order valence-electron chi connectivity index (χ0n) is 15.7. The Bertz CT molecular complexity index is 625. The number of nitrogens with zero attached hydrogens (tertiary/aromatic N) is 1. The topological polar surface area (TPSA) is 70.7 Å². The molecule has 26 heavy (non-hydrogen) atoms. The van der Waals surface area contributed by atoms with Gasteiger partial charge in [0.05, 0.1) is 12.6 Å². The summed E-state index contributed by atoms with van der Waals surface area (Å²) < 4.78 is 19.1. The number of ether oxygens (including phenoxy) is 1. The first-order chi connectivity index (χ1) is 12.2. The summed E-state index contributed by atoms with van der Waals surface area (Å²) in [7, 11) is 0. The Morgan fingerprint density at radius 2 is 2.12 bits per heavy atom. The molecule has 1 aromatic carbocycles. The van der Waals surface area contributed by atoms with E-state index in [1.807, 2.05) is 31.7 Å². The number of halogens is 1. The fourth-order valence-corrected chi connectivity index (χ4v) is 2.90. The van der Waals surface area contributed by atoms with Crippen LogP contribution < -0.4 is 10.6 Å². The van der Waals surface area contributed by atoms with Gasteiger partial charge in [-0.15, -0.1) is 0 Å². The third kappa shape index (κ3) is 7.49. The number of hydrogen-bond donors (Lipinski definition) is 2. The van der Waals surface area contributed by atoms with Crippen LogP contribution in [0.25, 0.3) is 0 Å². The molecule has 1 saturated heterocycles. The summed E-state index contributed by atoms with van der Waals surface area (Å²) in [4.78, 5) is 26.0. The average molecular weight is 365 g/mol. The molecule has 1 aliphatic heterocycles. The number of benzene rings is 1. The Hall–Kier alpha value is -1.99. The van der Waals surface area contributed by atoms with Gasteiger partial charge in [-0.3, -0.25) is 15.0 Å². The summed E-state index contributed by atoms with van der Waals surface area (Å²) in [6.07, 6.45) is 1.99. The predicted octanol–water partition coefficient (Wildman–Crippen LogP) is 2.43. The maximum absolute atomic E-state index is 13.4. The lowest BCUT2D eigenvalue weighted by Crippen LogP contribution is -2.50. The lowest BCUT2D eigenvalue weighted by molar-refractivity contribution is -0.121. The number of carbonyl (C=O) groups is 2. The Kier molecular flexibility index (Phi) is 7.11. The molecule has 6 nitrogen and oxygen atoms in total. The molecule has 0 bridgehead atoms. The van der Waals surface area contributed by atoms with E-state index in [0.717, 1.165) is 25.0 Å². The van der Waals surface area contributed by atoms with Crippen molar-refractivity contribution in [3.63, 3.8) is 0 Å². The van der Waals surface area contributed by atoms with Crippen LogP contribution in [0.2, 0.25) is 0 Å². The van der Waals surface area contributed by atoms with Gasteiger partial charge < -0.3 is 10.1 Å². The normalized spacial score (nSPS) is 17.3. The molecule has 7 heteroatoms. The molecule has 0 aliphatic carbocycles. The third-order valence-electron chi connectivity index (χ3n) is 3.89. The van der Waals surface area contributed by atoms with Gasteiger partial charge in [0.2, 0.25) is 5.91 Å². The van der Waals surface area contributed by atoms with Crippen LogP contribution >= 0.6 is 0 Å². The summed E-state index contributed by atoms with van der Waals surface area (Å²) in [6, 6.07) is 5.77. The smallest absolute Gasteiger partial charge is 0.321 e. The van der Waals surface area contributed by atoms with E-state index in [2.05, 4.69) is 10.6 Å². The minimum Gasteiger partial charge on any atom is -0.377 e. The molecule has 0 spiro atoms. The Morgan fingerprint density at radius 1 is 1.35 bits per heavy atom. The van der Waals surface area contributed by atoms with Gasteiger partial charge in [0, 0.05) is 25.2 Å². The van der Waals surface area contributed by atoms with E-state index in [0.29, 0.717) is 13.1 Å². The SMILES string of the molecule is CC(C)(C)NC(=O)NC(=O)CN(Cc1cccc(F)c1)CC1CCCO1. The molecule has 0 saturated carbocycles. The van der Waals surface area contributed by atoms with Crippen molar-refractivity contribution in [2.24, 2.45) is 0 Å². The molecule has 2 N–H and O–H groups in total. The molecule has 1 heterocycles. The molecule has 0 radical (unpaired) electrons. The van der Waals surface area contributed by atoms with Crippen LogP contribution in [0.4, 0.5) is 9.18 Å². The fourth-order valence-electron chi connectivity index (χ4n) is 2.90. The van der Waals surface area contributed by atoms with Crippen molar-refractivity contribution in [3.05, 3.63) is 35.6 Å². The van der Waals surface area contributed by atoms with E-state index < -0.39 is 17.5 Å². The molecule has 0 aromatic heterocycles. The first-order valence-electron chi connectivity index (χ1n) is 8.92. The van der Waals surface area contributed by atoms with Gasteiger partial charge in [-0.2, -0.15) is 0 Å². The molecule has 3 amide bonds. The average Bonchev–Trinajstić information content (AvgIpc) is 2.97. The van der Waals surface area contributed by atoms with Gasteiger partial charge in [-0.25, -0.2) is 9.18 Å². The molecule has 2 rings (SSSR count). The summed E-state index contributed by atoms with van der Waals surface area (Å²) in [5.41, 5.74) is 0.346. The lowest BCUT2D eigenvalue weighted by Gasteiger charge is -2.25. The number of amides is 3. The first kappa shape index (κ1) is 20.3. The van der Waals surface area contributed by atoms with E-state index in [-0.39, 0.29) is 18.5 Å². The molecule has 1 aromatic rings. The quantitative estimate of drug-likeness (QED) is 0.812. The number of rotatable bonds is 6. The minimum absolute atomic E-state index is 0.0357. The lowest BCUT2D eigenvalue weighted by atomic mass is 10.1. The summed E-state index contributed by atoms with van der Waals surface area (Å²) in [5, 5.41) is 5.03. The second-order valence-corrected chi connectivity index (χ2v) is 7.69. The summed E-state index contributed by atoms with van der Waals surface area (Å²) >= 11 is 0. The second-order valence-electron chi connectivity index (χ2n) is 7.69. The maximum Gasteiger partial charge on any atom is 0.321 e. The third-order valence-corrected chi connectivity index (χ3v) is 3.89. The number of carbonyl (C=O) groups excluding carboxylic acids is 2. The van der Waals surface area contributed by atoms with Crippen molar-refractivity contribution < 1.29 is 18.7 Å². The summed E-state index contributed by atoms with van der Waals surface area (Å²) in [5.74, 6) is -0.713. The van der Waals surface area contributed by atoms with Crippen LogP contribution in [0.3, 0.4) is 0 Å². The van der Waals surface area contributed by atoms with Gasteiger partial charge in [-0.05, 0) is 51.3 Å². The van der Waals surface area contributed by atoms with E-state index in [4.69, 9.17) is 4.74 Å². The molecule has 1 unspecified atom stereocenters. The van der Waals surface area contributed by atoms with Gasteiger partial charge in [0.1, 0.15) is 5.82 Å². The Labute approximate surface area is 154 Å². The molecule has 144 valence electrons. The van der Waals surface area contributed by atoms with Gasteiger partial charge in [-0.1, -0.05) is 12.1 Å². The maximum atomic E-state index is 13.4. The number of hydrogen-bond acceptors (Lipinski definition) is 4. The van der Waals surface area contributed by atoms with Crippen LogP contribution in [0.1, 0.15) is 39.2 Å². The molecule has 1 aliphatic rings. The molecular weight excluding hydrogens is 337 g/mol. The number of imide groups is 1. The Balaban J connectivity index is 1.96. The second kappa shape index (κ2) is 9.09. The van der Waals surface area contributed by atoms with Crippen molar-refractivity contribution in [2.45, 2.75) is 51.8 Å². The fraction of sp³-hybridized carbons (Fsp3) is 0.579. The number of urea groups is 1. The van der Waals surface area contributed by atoms with Crippen molar-refractivity contribution >= 4 is 11.9 Å². The first-order valence-corrected chi connectivity index (χ1v) is 8.92. The summed E-state index contributed by atoms with van der Waals surface area (Å²) in [6.45, 7) is 7.24. The van der Waals surface area contributed by atoms with Crippen molar-refractivity contribution in [2.75, 3.05) is 19.7 Å². The van der Waals surface area contributed by atoms with Crippen LogP contribution in [0, 0.1) is 5.82 Å².